The molecule has 106 valence electrons. The number of rotatable bonds is 5. The molecule has 0 aromatic heterocycles. The minimum Gasteiger partial charge on any atom is -0.400 e. The molecule has 0 aliphatic heterocycles. The van der Waals surface area contributed by atoms with Crippen molar-refractivity contribution < 1.29 is 8.85 Å². The lowest BCUT2D eigenvalue weighted by atomic mass is 10.8. The van der Waals surface area contributed by atoms with E-state index in [2.05, 4.69) is 50.4 Å². The van der Waals surface area contributed by atoms with Crippen molar-refractivity contribution in [2.24, 2.45) is 0 Å². The first-order chi connectivity index (χ1) is 7.50. The summed E-state index contributed by atoms with van der Waals surface area (Å²) in [7, 11) is 0.120. The van der Waals surface area contributed by atoms with Crippen molar-refractivity contribution in [1.82, 2.24) is 4.23 Å². The molecule has 0 saturated carbocycles. The Morgan fingerprint density at radius 1 is 0.882 bits per heavy atom. The molecule has 0 fully saturated rings. The molecule has 0 aromatic carbocycles. The fraction of sp³-hybridized carbons (Fsp3) is 1.00. The summed E-state index contributed by atoms with van der Waals surface area (Å²) < 4.78 is 12.4. The van der Waals surface area contributed by atoms with E-state index in [1.807, 2.05) is 6.55 Å². The van der Waals surface area contributed by atoms with E-state index >= 15 is 0 Å². The van der Waals surface area contributed by atoms with Crippen molar-refractivity contribution in [1.29, 1.82) is 0 Å². The maximum atomic E-state index is 4.82. The van der Waals surface area contributed by atoms with Crippen LogP contribution in [0.25, 0.3) is 0 Å². The van der Waals surface area contributed by atoms with Gasteiger partial charge in [0.05, 0.1) is 0 Å². The van der Waals surface area contributed by atoms with Crippen LogP contribution in [0.2, 0.25) is 45.8 Å². The van der Waals surface area contributed by atoms with Gasteiger partial charge in [0.15, 0.2) is 0 Å². The molecule has 0 radical (unpaired) electrons. The summed E-state index contributed by atoms with van der Waals surface area (Å²) >= 11 is 0. The van der Waals surface area contributed by atoms with Crippen LogP contribution in [0.15, 0.2) is 0 Å². The second-order valence-electron chi connectivity index (χ2n) is 6.12. The zero-order chi connectivity index (χ0) is 14.3. The van der Waals surface area contributed by atoms with Gasteiger partial charge in [0.1, 0.15) is 16.5 Å². The normalized spacial score (nSPS) is 12.7. The van der Waals surface area contributed by atoms with Gasteiger partial charge in [0.25, 0.3) is 0 Å². The summed E-state index contributed by atoms with van der Waals surface area (Å²) in [5.41, 5.74) is 0. The van der Waals surface area contributed by atoms with Crippen LogP contribution in [0.3, 0.4) is 0 Å². The molecule has 0 spiro atoms. The van der Waals surface area contributed by atoms with Gasteiger partial charge in [-0.05, 0) is 13.1 Å². The van der Waals surface area contributed by atoms with Gasteiger partial charge in [0.2, 0.25) is 0 Å². The molecular formula is C11H33NO2Si3. The Balaban J connectivity index is 0. The summed E-state index contributed by atoms with van der Waals surface area (Å²) in [6.07, 6.45) is 0. The van der Waals surface area contributed by atoms with Gasteiger partial charge in [-0.3, -0.25) is 0 Å². The highest BCUT2D eigenvalue weighted by molar-refractivity contribution is 6.89. The van der Waals surface area contributed by atoms with Crippen molar-refractivity contribution >= 4 is 25.8 Å². The van der Waals surface area contributed by atoms with Gasteiger partial charge < -0.3 is 13.1 Å². The lowest BCUT2D eigenvalue weighted by molar-refractivity contribution is 0.285. The third-order valence-electron chi connectivity index (χ3n) is 2.60. The average molecular weight is 296 g/mol. The average Bonchev–Trinajstić information content (AvgIpc) is 2.14. The zero-order valence-corrected chi connectivity index (χ0v) is 16.7. The highest BCUT2D eigenvalue weighted by Gasteiger charge is 2.32. The summed E-state index contributed by atoms with van der Waals surface area (Å²) in [4.78, 5) is 0. The summed E-state index contributed by atoms with van der Waals surface area (Å²) in [6, 6.07) is 0. The van der Waals surface area contributed by atoms with Crippen LogP contribution in [0.1, 0.15) is 6.92 Å². The molecule has 0 saturated heterocycles. The first kappa shape index (κ1) is 19.9. The predicted molar refractivity (Wildman–Crippen MR) is 86.1 cm³/mol. The first-order valence-corrected chi connectivity index (χ1v) is 15.3. The van der Waals surface area contributed by atoms with Crippen LogP contribution >= 0.6 is 0 Å². The van der Waals surface area contributed by atoms with Gasteiger partial charge >= 0.3 is 9.28 Å². The number of hydrogen-bond acceptors (Lipinski definition) is 3. The largest absolute Gasteiger partial charge is 0.400 e. The Labute approximate surface area is 113 Å². The second kappa shape index (κ2) is 8.60. The van der Waals surface area contributed by atoms with E-state index in [0.717, 1.165) is 0 Å². The zero-order valence-electron chi connectivity index (χ0n) is 13.5. The van der Waals surface area contributed by atoms with Crippen LogP contribution in [-0.2, 0) is 8.85 Å². The highest BCUT2D eigenvalue weighted by atomic mass is 28.4. The molecule has 0 aliphatic rings. The van der Waals surface area contributed by atoms with Gasteiger partial charge in [-0.1, -0.05) is 46.2 Å². The highest BCUT2D eigenvalue weighted by Crippen LogP contribution is 2.18. The first-order valence-electron chi connectivity index (χ1n) is 6.34. The van der Waals surface area contributed by atoms with Crippen LogP contribution in [-0.4, -0.2) is 50.8 Å². The Hall–Kier alpha value is 0.531. The lowest BCUT2D eigenvalue weighted by Gasteiger charge is -2.42. The van der Waals surface area contributed by atoms with Crippen LogP contribution < -0.4 is 0 Å². The molecule has 0 aliphatic carbocycles. The quantitative estimate of drug-likeness (QED) is 0.728. The second-order valence-corrected chi connectivity index (χ2v) is 18.4. The van der Waals surface area contributed by atoms with Gasteiger partial charge in [-0.25, -0.2) is 0 Å². The number of hydrogen-bond donors (Lipinski definition) is 0. The van der Waals surface area contributed by atoms with Crippen LogP contribution in [0.5, 0.6) is 0 Å². The fourth-order valence-electron chi connectivity index (χ4n) is 2.05. The molecule has 0 amide bonds. The van der Waals surface area contributed by atoms with E-state index in [4.69, 9.17) is 8.85 Å². The minimum absolute atomic E-state index is 1.03. The predicted octanol–water partition coefficient (Wildman–Crippen LogP) is 3.11. The molecule has 0 atom stereocenters. The maximum absolute atomic E-state index is 4.82. The molecule has 6 heteroatoms. The Morgan fingerprint density at radius 3 is 1.18 bits per heavy atom. The molecule has 0 rings (SSSR count). The summed E-state index contributed by atoms with van der Waals surface area (Å²) in [5, 5.41) is 0. The molecular weight excluding hydrogens is 262 g/mol. The molecule has 3 nitrogen and oxygen atoms in total. The molecule has 0 aromatic rings. The van der Waals surface area contributed by atoms with Crippen molar-refractivity contribution in [3.8, 4) is 0 Å². The Morgan fingerprint density at radius 2 is 1.18 bits per heavy atom. The molecule has 17 heavy (non-hydrogen) atoms. The summed E-state index contributed by atoms with van der Waals surface area (Å²) in [5.74, 6) is 0. The third kappa shape index (κ3) is 10.2. The van der Waals surface area contributed by atoms with Crippen molar-refractivity contribution in [2.75, 3.05) is 20.8 Å². The lowest BCUT2D eigenvalue weighted by Crippen LogP contribution is -2.58. The maximum Gasteiger partial charge on any atom is 0.317 e. The van der Waals surface area contributed by atoms with E-state index in [1.54, 1.807) is 14.2 Å². The van der Waals surface area contributed by atoms with E-state index in [-0.39, 0.29) is 0 Å². The Bertz CT molecular complexity index is 172. The summed E-state index contributed by atoms with van der Waals surface area (Å²) in [6.45, 7) is 20.1. The SMILES string of the molecule is CCN([Si](C)(C)C)[Si](C)(C)C.CO[SiH](C)OC. The molecule has 0 bridgehead atoms. The smallest absolute Gasteiger partial charge is 0.317 e. The van der Waals surface area contributed by atoms with Crippen LogP contribution in [0.4, 0.5) is 0 Å². The minimum atomic E-state index is -1.16. The van der Waals surface area contributed by atoms with Crippen LogP contribution in [0, 0.1) is 0 Å². The van der Waals surface area contributed by atoms with E-state index in [9.17, 15) is 0 Å². The van der Waals surface area contributed by atoms with E-state index in [1.165, 1.54) is 6.54 Å². The van der Waals surface area contributed by atoms with Crippen molar-refractivity contribution in [2.45, 2.75) is 52.8 Å². The fourth-order valence-corrected chi connectivity index (χ4v) is 12.2. The van der Waals surface area contributed by atoms with E-state index in [0.29, 0.717) is 0 Å². The molecule has 0 heterocycles. The van der Waals surface area contributed by atoms with Gasteiger partial charge in [0, 0.05) is 14.2 Å². The van der Waals surface area contributed by atoms with Gasteiger partial charge in [-0.2, -0.15) is 0 Å². The topological polar surface area (TPSA) is 21.7 Å². The standard InChI is InChI=1S/C8H23NSi2.C3H10O2Si/c1-8-9(10(2,3)4)11(5,6)7;1-4-6(3)5-2/h8H2,1-7H3;6H,1-3H3. The van der Waals surface area contributed by atoms with E-state index < -0.39 is 25.8 Å². The third-order valence-corrected chi connectivity index (χ3v) is 11.8. The monoisotopic (exact) mass is 295 g/mol. The van der Waals surface area contributed by atoms with Crippen molar-refractivity contribution in [3.05, 3.63) is 0 Å². The van der Waals surface area contributed by atoms with Crippen molar-refractivity contribution in [3.63, 3.8) is 0 Å². The number of nitrogens with zero attached hydrogens (tertiary/aromatic N) is 1. The Kier molecular flexibility index (Phi) is 10.0. The molecule has 0 unspecified atom stereocenters. The van der Waals surface area contributed by atoms with Gasteiger partial charge in [-0.15, -0.1) is 0 Å². The molecule has 0 N–H and O–H groups in total.